The minimum absolute atomic E-state index is 0.799. The molecule has 23 heavy (non-hydrogen) atoms. The quantitative estimate of drug-likeness (QED) is 0.737. The van der Waals surface area contributed by atoms with Crippen LogP contribution in [0.25, 0.3) is 0 Å². The third-order valence-electron chi connectivity index (χ3n) is 3.77. The van der Waals surface area contributed by atoms with Crippen molar-refractivity contribution in [1.82, 2.24) is 4.98 Å². The Hall–Kier alpha value is -2.81. The molecule has 0 fully saturated rings. The number of methoxy groups -OCH3 is 1. The second-order valence-corrected chi connectivity index (χ2v) is 5.43. The van der Waals surface area contributed by atoms with Crippen LogP contribution in [0.1, 0.15) is 16.7 Å². The zero-order valence-corrected chi connectivity index (χ0v) is 13.2. The number of ether oxygens (including phenoxy) is 1. The lowest BCUT2D eigenvalue weighted by Gasteiger charge is -2.08. The molecule has 1 N–H and O–H groups in total. The van der Waals surface area contributed by atoms with Gasteiger partial charge in [-0.15, -0.1) is 0 Å². The summed E-state index contributed by atoms with van der Waals surface area (Å²) in [4.78, 5) is 4.05. The van der Waals surface area contributed by atoms with Crippen LogP contribution in [0.4, 0.5) is 5.69 Å². The molecule has 3 rings (SSSR count). The fraction of sp³-hybridized carbons (Fsp3) is 0.150. The lowest BCUT2D eigenvalue weighted by atomic mass is 10.1. The number of pyridine rings is 1. The van der Waals surface area contributed by atoms with Gasteiger partial charge in [-0.25, -0.2) is 0 Å². The van der Waals surface area contributed by atoms with Crippen LogP contribution in [-0.4, -0.2) is 12.1 Å². The molecule has 3 nitrogen and oxygen atoms in total. The summed E-state index contributed by atoms with van der Waals surface area (Å²) in [7, 11) is 1.68. The molecule has 1 heterocycles. The van der Waals surface area contributed by atoms with Gasteiger partial charge in [-0.2, -0.15) is 0 Å². The first-order chi connectivity index (χ1) is 11.3. The lowest BCUT2D eigenvalue weighted by molar-refractivity contribution is 0.414. The number of rotatable bonds is 6. The van der Waals surface area contributed by atoms with E-state index in [1.54, 1.807) is 7.11 Å². The van der Waals surface area contributed by atoms with E-state index in [1.165, 1.54) is 16.7 Å². The van der Waals surface area contributed by atoms with Crippen molar-refractivity contribution in [3.8, 4) is 5.75 Å². The van der Waals surface area contributed by atoms with Gasteiger partial charge in [0.2, 0.25) is 0 Å². The zero-order valence-electron chi connectivity index (χ0n) is 13.2. The van der Waals surface area contributed by atoms with Crippen LogP contribution in [0.3, 0.4) is 0 Å². The maximum absolute atomic E-state index is 5.17. The predicted octanol–water partition coefficient (Wildman–Crippen LogP) is 4.29. The normalized spacial score (nSPS) is 10.3. The number of nitrogens with one attached hydrogen (secondary N) is 1. The number of hydrogen-bond donors (Lipinski definition) is 1. The molecule has 0 amide bonds. The van der Waals surface area contributed by atoms with Gasteiger partial charge < -0.3 is 10.1 Å². The Morgan fingerprint density at radius 2 is 1.39 bits per heavy atom. The molecular formula is C20H20N2O. The Bertz CT molecular complexity index is 722. The van der Waals surface area contributed by atoms with E-state index in [2.05, 4.69) is 58.8 Å². The topological polar surface area (TPSA) is 34.1 Å². The summed E-state index contributed by atoms with van der Waals surface area (Å²) < 4.78 is 5.17. The Morgan fingerprint density at radius 1 is 0.783 bits per heavy atom. The van der Waals surface area contributed by atoms with Gasteiger partial charge in [0.1, 0.15) is 5.75 Å². The zero-order chi connectivity index (χ0) is 15.9. The van der Waals surface area contributed by atoms with Crippen molar-refractivity contribution in [3.63, 3.8) is 0 Å². The van der Waals surface area contributed by atoms with E-state index >= 15 is 0 Å². The average molecular weight is 304 g/mol. The molecule has 0 bridgehead atoms. The van der Waals surface area contributed by atoms with Gasteiger partial charge in [-0.05, 0) is 59.5 Å². The van der Waals surface area contributed by atoms with Crippen LogP contribution in [0, 0.1) is 0 Å². The van der Waals surface area contributed by atoms with Crippen LogP contribution >= 0.6 is 0 Å². The summed E-state index contributed by atoms with van der Waals surface area (Å²) >= 11 is 0. The molecule has 0 unspecified atom stereocenters. The molecule has 1 aromatic heterocycles. The number of hydrogen-bond acceptors (Lipinski definition) is 3. The standard InChI is InChI=1S/C20H20N2O/c1-23-20-8-4-18(5-9-20)15-22-19-6-2-16(3-7-19)14-17-10-12-21-13-11-17/h2-13,22H,14-15H2,1H3. The van der Waals surface area contributed by atoms with Crippen molar-refractivity contribution >= 4 is 5.69 Å². The van der Waals surface area contributed by atoms with Crippen molar-refractivity contribution in [2.45, 2.75) is 13.0 Å². The van der Waals surface area contributed by atoms with E-state index in [4.69, 9.17) is 4.74 Å². The summed E-state index contributed by atoms with van der Waals surface area (Å²) in [5.74, 6) is 0.884. The summed E-state index contributed by atoms with van der Waals surface area (Å²) in [6.45, 7) is 0.799. The maximum atomic E-state index is 5.17. The summed E-state index contributed by atoms with van der Waals surface area (Å²) in [6.07, 6.45) is 4.60. The smallest absolute Gasteiger partial charge is 0.118 e. The fourth-order valence-corrected chi connectivity index (χ4v) is 2.42. The number of nitrogens with zero attached hydrogens (tertiary/aromatic N) is 1. The van der Waals surface area contributed by atoms with Crippen LogP contribution in [0.15, 0.2) is 73.1 Å². The Morgan fingerprint density at radius 3 is 2.04 bits per heavy atom. The van der Waals surface area contributed by atoms with E-state index in [0.29, 0.717) is 0 Å². The van der Waals surface area contributed by atoms with Gasteiger partial charge in [0.05, 0.1) is 7.11 Å². The van der Waals surface area contributed by atoms with Crippen LogP contribution in [0.2, 0.25) is 0 Å². The molecule has 0 spiro atoms. The highest BCUT2D eigenvalue weighted by Crippen LogP contribution is 2.16. The van der Waals surface area contributed by atoms with Crippen molar-refractivity contribution in [2.75, 3.05) is 12.4 Å². The molecule has 3 aromatic rings. The molecule has 0 aliphatic heterocycles. The first kappa shape index (κ1) is 15.1. The Labute approximate surface area is 137 Å². The predicted molar refractivity (Wildman–Crippen MR) is 93.8 cm³/mol. The molecular weight excluding hydrogens is 284 g/mol. The lowest BCUT2D eigenvalue weighted by Crippen LogP contribution is -1.99. The highest BCUT2D eigenvalue weighted by Gasteiger charge is 1.98. The summed E-state index contributed by atoms with van der Waals surface area (Å²) in [6, 6.07) is 20.8. The average Bonchev–Trinajstić information content (AvgIpc) is 2.62. The third-order valence-corrected chi connectivity index (χ3v) is 3.77. The first-order valence-corrected chi connectivity index (χ1v) is 7.68. The van der Waals surface area contributed by atoms with E-state index in [-0.39, 0.29) is 0 Å². The highest BCUT2D eigenvalue weighted by atomic mass is 16.5. The van der Waals surface area contributed by atoms with Gasteiger partial charge in [0.25, 0.3) is 0 Å². The molecule has 0 saturated carbocycles. The van der Waals surface area contributed by atoms with Gasteiger partial charge in [0.15, 0.2) is 0 Å². The van der Waals surface area contributed by atoms with Crippen LogP contribution in [0.5, 0.6) is 5.75 Å². The molecule has 0 aliphatic rings. The van der Waals surface area contributed by atoms with Gasteiger partial charge >= 0.3 is 0 Å². The summed E-state index contributed by atoms with van der Waals surface area (Å²) in [5.41, 5.74) is 4.93. The fourth-order valence-electron chi connectivity index (χ4n) is 2.42. The van der Waals surface area contributed by atoms with E-state index in [1.807, 2.05) is 24.5 Å². The monoisotopic (exact) mass is 304 g/mol. The van der Waals surface area contributed by atoms with E-state index in [9.17, 15) is 0 Å². The molecule has 116 valence electrons. The number of aromatic nitrogens is 1. The second-order valence-electron chi connectivity index (χ2n) is 5.43. The molecule has 0 aliphatic carbocycles. The van der Waals surface area contributed by atoms with Crippen molar-refractivity contribution in [3.05, 3.63) is 89.7 Å². The molecule has 0 atom stereocenters. The van der Waals surface area contributed by atoms with Crippen molar-refractivity contribution < 1.29 is 4.74 Å². The van der Waals surface area contributed by atoms with Crippen LogP contribution in [-0.2, 0) is 13.0 Å². The SMILES string of the molecule is COc1ccc(CNc2ccc(Cc3ccncc3)cc2)cc1. The van der Waals surface area contributed by atoms with Gasteiger partial charge in [-0.3, -0.25) is 4.98 Å². The number of benzene rings is 2. The molecule has 3 heteroatoms. The van der Waals surface area contributed by atoms with Crippen molar-refractivity contribution in [1.29, 1.82) is 0 Å². The largest absolute Gasteiger partial charge is 0.497 e. The van der Waals surface area contributed by atoms with E-state index in [0.717, 1.165) is 24.4 Å². The minimum Gasteiger partial charge on any atom is -0.497 e. The van der Waals surface area contributed by atoms with Gasteiger partial charge in [-0.1, -0.05) is 24.3 Å². The second kappa shape index (κ2) is 7.45. The highest BCUT2D eigenvalue weighted by molar-refractivity contribution is 5.46. The minimum atomic E-state index is 0.799. The third kappa shape index (κ3) is 4.33. The molecule has 0 radical (unpaired) electrons. The Balaban J connectivity index is 1.56. The molecule has 0 saturated heterocycles. The van der Waals surface area contributed by atoms with Crippen molar-refractivity contribution in [2.24, 2.45) is 0 Å². The number of anilines is 1. The van der Waals surface area contributed by atoms with Crippen LogP contribution < -0.4 is 10.1 Å². The summed E-state index contributed by atoms with van der Waals surface area (Å²) in [5, 5.41) is 3.44. The first-order valence-electron chi connectivity index (χ1n) is 7.68. The maximum Gasteiger partial charge on any atom is 0.118 e. The molecule has 2 aromatic carbocycles. The Kier molecular flexibility index (Phi) is 4.89. The van der Waals surface area contributed by atoms with E-state index < -0.39 is 0 Å². The van der Waals surface area contributed by atoms with Gasteiger partial charge in [0, 0.05) is 24.6 Å².